The predicted octanol–water partition coefficient (Wildman–Crippen LogP) is 2.83. The molecule has 3 rings (SSSR count). The highest BCUT2D eigenvalue weighted by Crippen LogP contribution is 2.24. The molecule has 104 valence electrons. The zero-order valence-corrected chi connectivity index (χ0v) is 11.5. The number of benzene rings is 1. The topological polar surface area (TPSA) is 59.2 Å². The van der Waals surface area contributed by atoms with Crippen LogP contribution < -0.4 is 5.73 Å². The Morgan fingerprint density at radius 1 is 1.05 bits per heavy atom. The molecule has 2 N–H and O–H groups in total. The van der Waals surface area contributed by atoms with E-state index in [1.807, 2.05) is 29.2 Å². The van der Waals surface area contributed by atoms with Gasteiger partial charge >= 0.3 is 0 Å². The SMILES string of the molecule is Nc1ncc(C(=O)N2CCCCCC2)c2ccccc12. The van der Waals surface area contributed by atoms with Gasteiger partial charge in [0.25, 0.3) is 5.91 Å². The van der Waals surface area contributed by atoms with Gasteiger partial charge in [-0.15, -0.1) is 0 Å². The number of amides is 1. The Hall–Kier alpha value is -2.10. The summed E-state index contributed by atoms with van der Waals surface area (Å²) in [6.07, 6.45) is 6.22. The van der Waals surface area contributed by atoms with Gasteiger partial charge in [0.05, 0.1) is 5.56 Å². The largest absolute Gasteiger partial charge is 0.383 e. The minimum Gasteiger partial charge on any atom is -0.383 e. The van der Waals surface area contributed by atoms with Crippen LogP contribution >= 0.6 is 0 Å². The molecule has 20 heavy (non-hydrogen) atoms. The number of hydrogen-bond donors (Lipinski definition) is 1. The Kier molecular flexibility index (Phi) is 3.54. The maximum atomic E-state index is 12.7. The molecule has 1 aromatic heterocycles. The third-order valence-corrected chi connectivity index (χ3v) is 3.95. The van der Waals surface area contributed by atoms with Crippen LogP contribution in [0.2, 0.25) is 0 Å². The molecule has 4 heteroatoms. The molecule has 1 fully saturated rings. The predicted molar refractivity (Wildman–Crippen MR) is 80.5 cm³/mol. The highest BCUT2D eigenvalue weighted by atomic mass is 16.2. The maximum Gasteiger partial charge on any atom is 0.256 e. The quantitative estimate of drug-likeness (QED) is 0.866. The first-order chi connectivity index (χ1) is 9.77. The van der Waals surface area contributed by atoms with Crippen LogP contribution in [0.4, 0.5) is 5.82 Å². The standard InChI is InChI=1S/C16H19N3O/c17-15-13-8-4-3-7-12(13)14(11-18-15)16(20)19-9-5-1-2-6-10-19/h3-4,7-8,11H,1-2,5-6,9-10H2,(H2,17,18). The lowest BCUT2D eigenvalue weighted by Crippen LogP contribution is -2.32. The van der Waals surface area contributed by atoms with Crippen molar-refractivity contribution in [3.63, 3.8) is 0 Å². The summed E-state index contributed by atoms with van der Waals surface area (Å²) >= 11 is 0. The average molecular weight is 269 g/mol. The molecular formula is C16H19N3O. The van der Waals surface area contributed by atoms with Crippen molar-refractivity contribution in [2.75, 3.05) is 18.8 Å². The molecule has 2 aromatic rings. The van der Waals surface area contributed by atoms with Gasteiger partial charge in [0.1, 0.15) is 5.82 Å². The Balaban J connectivity index is 2.01. The van der Waals surface area contributed by atoms with E-state index in [-0.39, 0.29) is 5.91 Å². The van der Waals surface area contributed by atoms with E-state index in [1.165, 1.54) is 12.8 Å². The first kappa shape index (κ1) is 12.9. The number of nitrogen functional groups attached to an aromatic ring is 1. The summed E-state index contributed by atoms with van der Waals surface area (Å²) in [4.78, 5) is 18.9. The third-order valence-electron chi connectivity index (χ3n) is 3.95. The summed E-state index contributed by atoms with van der Waals surface area (Å²) in [6.45, 7) is 1.69. The smallest absolute Gasteiger partial charge is 0.256 e. The van der Waals surface area contributed by atoms with E-state index in [1.54, 1.807) is 6.20 Å². The summed E-state index contributed by atoms with van der Waals surface area (Å²) in [5.41, 5.74) is 6.56. The molecule has 0 atom stereocenters. The monoisotopic (exact) mass is 269 g/mol. The number of carbonyl (C=O) groups is 1. The van der Waals surface area contributed by atoms with E-state index in [2.05, 4.69) is 4.98 Å². The molecule has 1 aliphatic heterocycles. The fourth-order valence-corrected chi connectivity index (χ4v) is 2.83. The average Bonchev–Trinajstić information content (AvgIpc) is 2.76. The lowest BCUT2D eigenvalue weighted by molar-refractivity contribution is 0.0763. The zero-order chi connectivity index (χ0) is 13.9. The number of anilines is 1. The molecule has 0 radical (unpaired) electrons. The van der Waals surface area contributed by atoms with Crippen molar-refractivity contribution in [2.24, 2.45) is 0 Å². The van der Waals surface area contributed by atoms with Crippen molar-refractivity contribution in [2.45, 2.75) is 25.7 Å². The molecule has 4 nitrogen and oxygen atoms in total. The number of hydrogen-bond acceptors (Lipinski definition) is 3. The van der Waals surface area contributed by atoms with Crippen molar-refractivity contribution in [3.05, 3.63) is 36.0 Å². The van der Waals surface area contributed by atoms with E-state index in [0.29, 0.717) is 11.4 Å². The molecule has 1 aromatic carbocycles. The van der Waals surface area contributed by atoms with Gasteiger partial charge in [0, 0.05) is 24.7 Å². The zero-order valence-electron chi connectivity index (χ0n) is 11.5. The fraction of sp³-hybridized carbons (Fsp3) is 0.375. The molecule has 0 unspecified atom stereocenters. The van der Waals surface area contributed by atoms with Gasteiger partial charge in [-0.2, -0.15) is 0 Å². The van der Waals surface area contributed by atoms with Gasteiger partial charge in [-0.05, 0) is 18.2 Å². The van der Waals surface area contributed by atoms with Gasteiger partial charge in [-0.25, -0.2) is 4.98 Å². The minimum atomic E-state index is 0.0793. The van der Waals surface area contributed by atoms with Crippen LogP contribution in [-0.4, -0.2) is 28.9 Å². The number of nitrogens with zero attached hydrogens (tertiary/aromatic N) is 2. The fourth-order valence-electron chi connectivity index (χ4n) is 2.83. The lowest BCUT2D eigenvalue weighted by atomic mass is 10.1. The van der Waals surface area contributed by atoms with Crippen molar-refractivity contribution in [1.82, 2.24) is 9.88 Å². The highest BCUT2D eigenvalue weighted by Gasteiger charge is 2.20. The molecule has 0 bridgehead atoms. The van der Waals surface area contributed by atoms with Crippen LogP contribution in [0, 0.1) is 0 Å². The molecule has 0 saturated carbocycles. The first-order valence-electron chi connectivity index (χ1n) is 7.20. The third kappa shape index (κ3) is 2.33. The summed E-state index contributed by atoms with van der Waals surface area (Å²) in [5, 5.41) is 1.75. The van der Waals surface area contributed by atoms with E-state index in [0.717, 1.165) is 36.7 Å². The van der Waals surface area contributed by atoms with E-state index in [4.69, 9.17) is 5.73 Å². The number of pyridine rings is 1. The van der Waals surface area contributed by atoms with Crippen LogP contribution in [-0.2, 0) is 0 Å². The Morgan fingerprint density at radius 2 is 1.70 bits per heavy atom. The van der Waals surface area contributed by atoms with Crippen molar-refractivity contribution in [3.8, 4) is 0 Å². The van der Waals surface area contributed by atoms with Crippen LogP contribution in [0.25, 0.3) is 10.8 Å². The molecular weight excluding hydrogens is 250 g/mol. The number of carbonyl (C=O) groups excluding carboxylic acids is 1. The summed E-state index contributed by atoms with van der Waals surface area (Å²) < 4.78 is 0. The van der Waals surface area contributed by atoms with E-state index < -0.39 is 0 Å². The first-order valence-corrected chi connectivity index (χ1v) is 7.20. The van der Waals surface area contributed by atoms with Gasteiger partial charge in [-0.1, -0.05) is 37.1 Å². The van der Waals surface area contributed by atoms with Crippen LogP contribution in [0.3, 0.4) is 0 Å². The van der Waals surface area contributed by atoms with Crippen LogP contribution in [0.15, 0.2) is 30.5 Å². The van der Waals surface area contributed by atoms with Gasteiger partial charge in [-0.3, -0.25) is 4.79 Å². The highest BCUT2D eigenvalue weighted by molar-refractivity contribution is 6.08. The van der Waals surface area contributed by atoms with Crippen LogP contribution in [0.5, 0.6) is 0 Å². The second-order valence-electron chi connectivity index (χ2n) is 5.31. The second-order valence-corrected chi connectivity index (χ2v) is 5.31. The Labute approximate surface area is 118 Å². The number of aromatic nitrogens is 1. The van der Waals surface area contributed by atoms with Crippen LogP contribution in [0.1, 0.15) is 36.0 Å². The van der Waals surface area contributed by atoms with Crippen molar-refractivity contribution >= 4 is 22.5 Å². The molecule has 2 heterocycles. The summed E-state index contributed by atoms with van der Waals surface area (Å²) in [7, 11) is 0. The van der Waals surface area contributed by atoms with Gasteiger partial charge in [0.2, 0.25) is 0 Å². The number of nitrogens with two attached hydrogens (primary N) is 1. The maximum absolute atomic E-state index is 12.7. The summed E-state index contributed by atoms with van der Waals surface area (Å²) in [6, 6.07) is 7.71. The normalized spacial score (nSPS) is 16.1. The Bertz CT molecular complexity index is 631. The van der Waals surface area contributed by atoms with Crippen molar-refractivity contribution in [1.29, 1.82) is 0 Å². The molecule has 1 saturated heterocycles. The van der Waals surface area contributed by atoms with Gasteiger partial charge < -0.3 is 10.6 Å². The summed E-state index contributed by atoms with van der Waals surface area (Å²) in [5.74, 6) is 0.559. The number of rotatable bonds is 1. The van der Waals surface area contributed by atoms with Gasteiger partial charge in [0.15, 0.2) is 0 Å². The molecule has 0 aliphatic carbocycles. The molecule has 0 spiro atoms. The number of likely N-dealkylation sites (tertiary alicyclic amines) is 1. The van der Waals surface area contributed by atoms with E-state index in [9.17, 15) is 4.79 Å². The molecule has 1 aliphatic rings. The van der Waals surface area contributed by atoms with E-state index >= 15 is 0 Å². The molecule has 1 amide bonds. The lowest BCUT2D eigenvalue weighted by Gasteiger charge is -2.21. The second kappa shape index (κ2) is 5.49. The number of fused-ring (bicyclic) bond motifs is 1. The minimum absolute atomic E-state index is 0.0793. The Morgan fingerprint density at radius 3 is 2.40 bits per heavy atom. The van der Waals surface area contributed by atoms with Crippen molar-refractivity contribution < 1.29 is 4.79 Å².